The van der Waals surface area contributed by atoms with Crippen molar-refractivity contribution < 1.29 is 24.5 Å². The molecule has 2 amide bonds. The van der Waals surface area contributed by atoms with Crippen LogP contribution in [0.4, 0.5) is 4.79 Å². The van der Waals surface area contributed by atoms with Crippen molar-refractivity contribution >= 4 is 12.0 Å². The van der Waals surface area contributed by atoms with Gasteiger partial charge in [-0.3, -0.25) is 4.79 Å². The highest BCUT2D eigenvalue weighted by atomic mass is 16.5. The molecule has 7 heteroatoms. The van der Waals surface area contributed by atoms with Gasteiger partial charge in [0.05, 0.1) is 12.0 Å². The van der Waals surface area contributed by atoms with E-state index in [1.807, 2.05) is 0 Å². The molecule has 3 N–H and O–H groups in total. The van der Waals surface area contributed by atoms with Gasteiger partial charge in [0.1, 0.15) is 0 Å². The molecule has 0 saturated heterocycles. The quantitative estimate of drug-likeness (QED) is 0.530. The molecule has 0 heterocycles. The van der Waals surface area contributed by atoms with Crippen molar-refractivity contribution in [3.63, 3.8) is 0 Å². The third-order valence-corrected chi connectivity index (χ3v) is 2.34. The fourth-order valence-electron chi connectivity index (χ4n) is 1.34. The van der Waals surface area contributed by atoms with Crippen LogP contribution in [0, 0.1) is 0 Å². The summed E-state index contributed by atoms with van der Waals surface area (Å²) in [6, 6.07) is -0.350. The number of hydrogen-bond acceptors (Lipinski definition) is 4. The predicted molar refractivity (Wildman–Crippen MR) is 65.4 cm³/mol. The number of aliphatic hydroxyl groups is 1. The molecule has 18 heavy (non-hydrogen) atoms. The van der Waals surface area contributed by atoms with E-state index in [-0.39, 0.29) is 12.6 Å². The molecule has 1 atom stereocenters. The Balaban J connectivity index is 3.97. The van der Waals surface area contributed by atoms with Crippen LogP contribution in [0.1, 0.15) is 19.8 Å². The normalized spacial score (nSPS) is 13.8. The van der Waals surface area contributed by atoms with E-state index in [4.69, 9.17) is 9.84 Å². The minimum absolute atomic E-state index is 0.104. The Morgan fingerprint density at radius 3 is 2.56 bits per heavy atom. The van der Waals surface area contributed by atoms with Gasteiger partial charge in [0.15, 0.2) is 0 Å². The number of methoxy groups -OCH3 is 1. The molecule has 0 aromatic carbocycles. The maximum absolute atomic E-state index is 11.6. The monoisotopic (exact) mass is 262 g/mol. The number of urea groups is 1. The van der Waals surface area contributed by atoms with Crippen LogP contribution in [-0.2, 0) is 9.53 Å². The zero-order valence-corrected chi connectivity index (χ0v) is 11.1. The van der Waals surface area contributed by atoms with E-state index < -0.39 is 18.0 Å². The van der Waals surface area contributed by atoms with Gasteiger partial charge in [-0.1, -0.05) is 0 Å². The minimum Gasteiger partial charge on any atom is -0.481 e. The standard InChI is InChI=1S/C11H22N2O5/c1-11(17,7-9(14)15)8-12-10(16)13(2)5-4-6-18-3/h17H,4-8H2,1-3H3,(H,12,16)(H,14,15). The summed E-state index contributed by atoms with van der Waals surface area (Å²) >= 11 is 0. The van der Waals surface area contributed by atoms with Gasteiger partial charge in [0.25, 0.3) is 0 Å². The van der Waals surface area contributed by atoms with Crippen molar-refractivity contribution in [3.05, 3.63) is 0 Å². The molecule has 0 rings (SSSR count). The van der Waals surface area contributed by atoms with Crippen LogP contribution in [0.3, 0.4) is 0 Å². The van der Waals surface area contributed by atoms with Crippen LogP contribution in [0.2, 0.25) is 0 Å². The Kier molecular flexibility index (Phi) is 7.30. The second-order valence-electron chi connectivity index (χ2n) is 4.49. The SMILES string of the molecule is COCCCN(C)C(=O)NCC(C)(O)CC(=O)O. The molecule has 1 unspecified atom stereocenters. The number of hydrogen-bond donors (Lipinski definition) is 3. The Bertz CT molecular complexity index is 281. The highest BCUT2D eigenvalue weighted by Crippen LogP contribution is 2.07. The zero-order valence-electron chi connectivity index (χ0n) is 11.1. The van der Waals surface area contributed by atoms with Gasteiger partial charge in [0, 0.05) is 33.9 Å². The molecule has 0 bridgehead atoms. The summed E-state index contributed by atoms with van der Waals surface area (Å²) in [7, 11) is 3.21. The topological polar surface area (TPSA) is 99.1 Å². The van der Waals surface area contributed by atoms with E-state index in [2.05, 4.69) is 5.32 Å². The van der Waals surface area contributed by atoms with Gasteiger partial charge >= 0.3 is 12.0 Å². The maximum atomic E-state index is 11.6. The van der Waals surface area contributed by atoms with Crippen LogP contribution in [0.15, 0.2) is 0 Å². The molecule has 0 aliphatic rings. The van der Waals surface area contributed by atoms with Gasteiger partial charge in [-0.2, -0.15) is 0 Å². The van der Waals surface area contributed by atoms with E-state index in [0.717, 1.165) is 0 Å². The molecular weight excluding hydrogens is 240 g/mol. The lowest BCUT2D eigenvalue weighted by molar-refractivity contribution is -0.141. The first-order valence-corrected chi connectivity index (χ1v) is 5.70. The third-order valence-electron chi connectivity index (χ3n) is 2.34. The molecule has 0 radical (unpaired) electrons. The summed E-state index contributed by atoms with van der Waals surface area (Å²) in [4.78, 5) is 23.5. The lowest BCUT2D eigenvalue weighted by atomic mass is 10.0. The number of carboxylic acids is 1. The number of amides is 2. The number of aliphatic carboxylic acids is 1. The van der Waals surface area contributed by atoms with E-state index in [0.29, 0.717) is 19.6 Å². The fraction of sp³-hybridized carbons (Fsp3) is 0.818. The molecule has 0 aromatic rings. The highest BCUT2D eigenvalue weighted by molar-refractivity contribution is 5.74. The van der Waals surface area contributed by atoms with Gasteiger partial charge in [-0.05, 0) is 13.3 Å². The number of nitrogens with one attached hydrogen (secondary N) is 1. The largest absolute Gasteiger partial charge is 0.481 e. The zero-order chi connectivity index (χ0) is 14.2. The van der Waals surface area contributed by atoms with Crippen LogP contribution < -0.4 is 5.32 Å². The average molecular weight is 262 g/mol. The molecule has 0 saturated carbocycles. The highest BCUT2D eigenvalue weighted by Gasteiger charge is 2.25. The second kappa shape index (κ2) is 7.88. The van der Waals surface area contributed by atoms with Crippen molar-refractivity contribution in [2.45, 2.75) is 25.4 Å². The average Bonchev–Trinajstić information content (AvgIpc) is 2.24. The second-order valence-corrected chi connectivity index (χ2v) is 4.49. The van der Waals surface area contributed by atoms with Crippen molar-refractivity contribution in [1.29, 1.82) is 0 Å². The van der Waals surface area contributed by atoms with Crippen molar-refractivity contribution in [2.24, 2.45) is 0 Å². The molecule has 0 aliphatic carbocycles. The molecular formula is C11H22N2O5. The smallest absolute Gasteiger partial charge is 0.317 e. The summed E-state index contributed by atoms with van der Waals surface area (Å²) in [6.07, 6.45) is 0.298. The number of carboxylic acid groups (broad SMARTS) is 1. The molecule has 7 nitrogen and oxygen atoms in total. The summed E-state index contributed by atoms with van der Waals surface area (Å²) in [5, 5.41) is 20.8. The summed E-state index contributed by atoms with van der Waals surface area (Å²) in [6.45, 7) is 2.36. The van der Waals surface area contributed by atoms with Crippen LogP contribution in [0.25, 0.3) is 0 Å². The molecule has 0 aromatic heterocycles. The van der Waals surface area contributed by atoms with Crippen LogP contribution in [-0.4, -0.2) is 66.6 Å². The molecule has 106 valence electrons. The summed E-state index contributed by atoms with van der Waals surface area (Å²) < 4.78 is 4.87. The van der Waals surface area contributed by atoms with Gasteiger partial charge in [-0.25, -0.2) is 4.79 Å². The summed E-state index contributed by atoms with van der Waals surface area (Å²) in [5.74, 6) is -1.11. The number of nitrogens with zero attached hydrogens (tertiary/aromatic N) is 1. The first-order valence-electron chi connectivity index (χ1n) is 5.70. The fourth-order valence-corrected chi connectivity index (χ4v) is 1.34. The van der Waals surface area contributed by atoms with Crippen molar-refractivity contribution in [1.82, 2.24) is 10.2 Å². The van der Waals surface area contributed by atoms with Crippen LogP contribution in [0.5, 0.6) is 0 Å². The van der Waals surface area contributed by atoms with E-state index in [9.17, 15) is 14.7 Å². The number of rotatable bonds is 8. The first-order chi connectivity index (χ1) is 8.28. The summed E-state index contributed by atoms with van der Waals surface area (Å²) in [5.41, 5.74) is -1.45. The maximum Gasteiger partial charge on any atom is 0.317 e. The van der Waals surface area contributed by atoms with Crippen LogP contribution >= 0.6 is 0 Å². The van der Waals surface area contributed by atoms with Gasteiger partial charge in [0.2, 0.25) is 0 Å². The molecule has 0 spiro atoms. The number of carbonyl (C=O) groups is 2. The van der Waals surface area contributed by atoms with Gasteiger partial charge in [-0.15, -0.1) is 0 Å². The Morgan fingerprint density at radius 1 is 1.44 bits per heavy atom. The Morgan fingerprint density at radius 2 is 2.06 bits per heavy atom. The number of carbonyl (C=O) groups excluding carboxylic acids is 1. The van der Waals surface area contributed by atoms with E-state index in [1.165, 1.54) is 11.8 Å². The van der Waals surface area contributed by atoms with E-state index in [1.54, 1.807) is 14.2 Å². The predicted octanol–water partition coefficient (Wildman–Crippen LogP) is -0.110. The first kappa shape index (κ1) is 16.7. The lowest BCUT2D eigenvalue weighted by Gasteiger charge is -2.24. The van der Waals surface area contributed by atoms with E-state index >= 15 is 0 Å². The van der Waals surface area contributed by atoms with Crippen molar-refractivity contribution in [3.8, 4) is 0 Å². The molecule has 0 aliphatic heterocycles. The van der Waals surface area contributed by atoms with Gasteiger partial charge < -0.3 is 25.2 Å². The third kappa shape index (κ3) is 7.86. The minimum atomic E-state index is -1.45. The Hall–Kier alpha value is -1.34. The Labute approximate surface area is 107 Å². The number of ether oxygens (including phenoxy) is 1. The van der Waals surface area contributed by atoms with Crippen molar-refractivity contribution in [2.75, 3.05) is 33.9 Å². The molecule has 0 fully saturated rings. The lowest BCUT2D eigenvalue weighted by Crippen LogP contribution is -2.46.